The molecule has 0 radical (unpaired) electrons. The van der Waals surface area contributed by atoms with Crippen molar-refractivity contribution in [3.05, 3.63) is 76.7 Å². The van der Waals surface area contributed by atoms with Gasteiger partial charge in [-0.25, -0.2) is 19.6 Å². The Bertz CT molecular complexity index is 1910. The molecule has 1 aliphatic rings. The lowest BCUT2D eigenvalue weighted by molar-refractivity contribution is -0.129. The van der Waals surface area contributed by atoms with E-state index in [1.54, 1.807) is 15.8 Å². The Kier molecular flexibility index (Phi) is 5.48. The van der Waals surface area contributed by atoms with Gasteiger partial charge in [0, 0.05) is 67.6 Å². The molecular weight excluding hydrogens is 514 g/mol. The predicted molar refractivity (Wildman–Crippen MR) is 151 cm³/mol. The van der Waals surface area contributed by atoms with E-state index in [2.05, 4.69) is 25.2 Å². The number of fused-ring (bicyclic) bond motifs is 4. The Morgan fingerprint density at radius 2 is 1.77 bits per heavy atom. The zero-order valence-electron chi connectivity index (χ0n) is 21.0. The molecule has 0 atom stereocenters. The first-order valence-electron chi connectivity index (χ1n) is 12.5. The predicted octanol–water partition coefficient (Wildman–Crippen LogP) is 3.45. The number of hydrogen-bond acceptors (Lipinski definition) is 9. The third-order valence-electron chi connectivity index (χ3n) is 6.99. The molecule has 1 aliphatic heterocycles. The van der Waals surface area contributed by atoms with Crippen LogP contribution in [0.3, 0.4) is 0 Å². The minimum absolute atomic E-state index is 0.169. The topological polar surface area (TPSA) is 114 Å². The second-order valence-electron chi connectivity index (χ2n) is 9.35. The molecule has 7 rings (SSSR count). The van der Waals surface area contributed by atoms with Crippen molar-refractivity contribution < 1.29 is 4.79 Å². The maximum Gasteiger partial charge on any atom is 0.284 e. The van der Waals surface area contributed by atoms with Crippen LogP contribution in [0.25, 0.3) is 32.7 Å². The van der Waals surface area contributed by atoms with Crippen molar-refractivity contribution in [2.75, 3.05) is 36.9 Å². The van der Waals surface area contributed by atoms with E-state index in [0.29, 0.717) is 47.3 Å². The fourth-order valence-corrected chi connectivity index (χ4v) is 5.57. The van der Waals surface area contributed by atoms with Crippen molar-refractivity contribution in [2.24, 2.45) is 0 Å². The maximum absolute atomic E-state index is 13.6. The van der Waals surface area contributed by atoms with Crippen molar-refractivity contribution in [3.8, 4) is 5.13 Å². The van der Waals surface area contributed by atoms with Crippen molar-refractivity contribution in [1.82, 2.24) is 34.0 Å². The molecule has 1 saturated heterocycles. The van der Waals surface area contributed by atoms with Gasteiger partial charge in [-0.1, -0.05) is 12.1 Å². The number of carbonyl (C=O) groups is 1. The third-order valence-corrected chi connectivity index (χ3v) is 7.74. The number of hydrogen-bond donors (Lipinski definition) is 1. The number of nitrogens with zero attached hydrogens (tertiary/aromatic N) is 8. The summed E-state index contributed by atoms with van der Waals surface area (Å²) in [5, 5.41) is 6.91. The molecule has 194 valence electrons. The number of rotatable bonds is 4. The molecule has 1 amide bonds. The van der Waals surface area contributed by atoms with E-state index < -0.39 is 0 Å². The molecule has 0 saturated carbocycles. The zero-order valence-corrected chi connectivity index (χ0v) is 21.8. The minimum atomic E-state index is -0.265. The molecule has 2 aromatic carbocycles. The summed E-state index contributed by atoms with van der Waals surface area (Å²) in [5.41, 5.74) is 3.25. The highest BCUT2D eigenvalue weighted by Gasteiger charge is 2.20. The van der Waals surface area contributed by atoms with E-state index in [4.69, 9.17) is 4.98 Å². The minimum Gasteiger partial charge on any atom is -0.369 e. The second-order valence-corrected chi connectivity index (χ2v) is 10.2. The lowest BCUT2D eigenvalue weighted by Crippen LogP contribution is -2.29. The van der Waals surface area contributed by atoms with Gasteiger partial charge in [0.25, 0.3) is 5.56 Å². The van der Waals surface area contributed by atoms with Gasteiger partial charge in [-0.05, 0) is 36.4 Å². The van der Waals surface area contributed by atoms with E-state index in [1.807, 2.05) is 61.0 Å². The van der Waals surface area contributed by atoms with E-state index >= 15 is 0 Å². The van der Waals surface area contributed by atoms with Crippen molar-refractivity contribution in [1.29, 1.82) is 0 Å². The van der Waals surface area contributed by atoms with Crippen LogP contribution in [-0.4, -0.2) is 66.6 Å². The molecule has 0 unspecified atom stereocenters. The van der Waals surface area contributed by atoms with Crippen LogP contribution < -0.4 is 15.8 Å². The summed E-state index contributed by atoms with van der Waals surface area (Å²) >= 11 is 1.44. The van der Waals surface area contributed by atoms with Crippen LogP contribution in [0.2, 0.25) is 0 Å². The number of likely N-dealkylation sites (N-methyl/N-ethyl adjacent to an activating group) is 1. The molecule has 0 bridgehead atoms. The Morgan fingerprint density at radius 1 is 0.923 bits per heavy atom. The molecule has 39 heavy (non-hydrogen) atoms. The van der Waals surface area contributed by atoms with Gasteiger partial charge in [-0.3, -0.25) is 9.59 Å². The van der Waals surface area contributed by atoms with Crippen LogP contribution >= 0.6 is 11.3 Å². The fraction of sp³-hybridized carbons (Fsp3) is 0.185. The quantitative estimate of drug-likeness (QED) is 0.364. The van der Waals surface area contributed by atoms with Crippen LogP contribution in [0.15, 0.2) is 71.1 Å². The molecule has 0 aliphatic carbocycles. The highest BCUT2D eigenvalue weighted by atomic mass is 32.1. The molecule has 12 heteroatoms. The molecule has 1 fully saturated rings. The lowest BCUT2D eigenvalue weighted by Gasteiger charge is -2.22. The zero-order chi connectivity index (χ0) is 26.5. The number of benzene rings is 2. The molecule has 0 spiro atoms. The van der Waals surface area contributed by atoms with Gasteiger partial charge in [-0.2, -0.15) is 9.50 Å². The number of carbonyl (C=O) groups excluding carboxylic acids is 1. The Hall–Kier alpha value is -4.84. The maximum atomic E-state index is 13.6. The Labute approximate surface area is 226 Å². The Morgan fingerprint density at radius 3 is 2.59 bits per heavy atom. The van der Waals surface area contributed by atoms with Gasteiger partial charge in [0.2, 0.25) is 17.0 Å². The number of amides is 1. The van der Waals surface area contributed by atoms with E-state index in [1.165, 1.54) is 22.0 Å². The molecule has 5 heterocycles. The van der Waals surface area contributed by atoms with Crippen molar-refractivity contribution >= 4 is 62.2 Å². The SMILES string of the molecule is CN1CCN(c2ccc(Nc3ncc4c(=O)n5c(nc4n3)c3ccccc3n5-c3nccs3)cc2)CCC1=O. The first kappa shape index (κ1) is 23.3. The number of nitrogens with one attached hydrogen (secondary N) is 1. The van der Waals surface area contributed by atoms with Gasteiger partial charge in [-0.15, -0.1) is 11.3 Å². The summed E-state index contributed by atoms with van der Waals surface area (Å²) in [6, 6.07) is 15.7. The summed E-state index contributed by atoms with van der Waals surface area (Å²) in [6.07, 6.45) is 3.72. The first-order valence-corrected chi connectivity index (χ1v) is 13.4. The first-order chi connectivity index (χ1) is 19.1. The molecule has 11 nitrogen and oxygen atoms in total. The van der Waals surface area contributed by atoms with Crippen molar-refractivity contribution in [2.45, 2.75) is 6.42 Å². The summed E-state index contributed by atoms with van der Waals surface area (Å²) in [7, 11) is 1.84. The normalized spacial score (nSPS) is 14.4. The molecule has 4 aromatic heterocycles. The highest BCUT2D eigenvalue weighted by molar-refractivity contribution is 7.12. The molecule has 1 N–H and O–H groups in total. The summed E-state index contributed by atoms with van der Waals surface area (Å²) in [5.74, 6) is 0.514. The summed E-state index contributed by atoms with van der Waals surface area (Å²) in [6.45, 7) is 2.18. The average molecular weight is 538 g/mol. The highest BCUT2D eigenvalue weighted by Crippen LogP contribution is 2.26. The van der Waals surface area contributed by atoms with Gasteiger partial charge in [0.1, 0.15) is 5.39 Å². The smallest absolute Gasteiger partial charge is 0.284 e. The number of aromatic nitrogens is 6. The number of thiazole rings is 1. The monoisotopic (exact) mass is 537 g/mol. The number of anilines is 3. The summed E-state index contributed by atoms with van der Waals surface area (Å²) < 4.78 is 3.32. The van der Waals surface area contributed by atoms with Crippen LogP contribution in [0.5, 0.6) is 0 Å². The Balaban J connectivity index is 1.24. The van der Waals surface area contributed by atoms with Gasteiger partial charge in [0.15, 0.2) is 11.3 Å². The van der Waals surface area contributed by atoms with Crippen LogP contribution in [0, 0.1) is 0 Å². The molecule has 6 aromatic rings. The van der Waals surface area contributed by atoms with Crippen LogP contribution in [0.4, 0.5) is 17.3 Å². The van der Waals surface area contributed by atoms with E-state index in [0.717, 1.165) is 28.8 Å². The largest absolute Gasteiger partial charge is 0.369 e. The van der Waals surface area contributed by atoms with Crippen molar-refractivity contribution in [3.63, 3.8) is 0 Å². The van der Waals surface area contributed by atoms with Crippen LogP contribution in [-0.2, 0) is 4.79 Å². The average Bonchev–Trinajstić information content (AvgIpc) is 3.56. The third kappa shape index (κ3) is 3.96. The van der Waals surface area contributed by atoms with Gasteiger partial charge in [0.05, 0.1) is 5.52 Å². The van der Waals surface area contributed by atoms with Crippen LogP contribution in [0.1, 0.15) is 6.42 Å². The summed E-state index contributed by atoms with van der Waals surface area (Å²) in [4.78, 5) is 47.8. The molecular formula is C27H23N9O2S. The van der Waals surface area contributed by atoms with Gasteiger partial charge >= 0.3 is 0 Å². The fourth-order valence-electron chi connectivity index (χ4n) is 4.92. The lowest BCUT2D eigenvalue weighted by atomic mass is 10.2. The van der Waals surface area contributed by atoms with E-state index in [-0.39, 0.29) is 11.5 Å². The number of para-hydroxylation sites is 1. The van der Waals surface area contributed by atoms with Gasteiger partial charge < -0.3 is 15.1 Å². The second kappa shape index (κ2) is 9.17. The van der Waals surface area contributed by atoms with E-state index in [9.17, 15) is 9.59 Å². The standard InChI is InChI=1S/C27H23N9O2S/c1-33-13-14-34(12-10-22(33)37)18-8-6-17(7-9-18)30-26-29-16-20-23(32-26)31-24-19-4-2-3-5-21(19)35(36(24)25(20)38)27-28-11-15-39-27/h2-9,11,15-16H,10,12-14H2,1H3,(H,29,30,32).